The van der Waals surface area contributed by atoms with E-state index in [0.29, 0.717) is 11.2 Å². The second-order valence-corrected chi connectivity index (χ2v) is 4.87. The van der Waals surface area contributed by atoms with Crippen LogP contribution in [0.5, 0.6) is 0 Å². The fourth-order valence-electron chi connectivity index (χ4n) is 2.08. The van der Waals surface area contributed by atoms with Crippen LogP contribution < -0.4 is 5.73 Å². The molecule has 2 aromatic heterocycles. The van der Waals surface area contributed by atoms with E-state index in [1.807, 2.05) is 0 Å². The van der Waals surface area contributed by atoms with Crippen LogP contribution in [0.3, 0.4) is 0 Å². The molecule has 3 rings (SSSR count). The number of anilines is 1. The van der Waals surface area contributed by atoms with Gasteiger partial charge in [0.2, 0.25) is 0 Å². The van der Waals surface area contributed by atoms with Crippen LogP contribution in [-0.2, 0) is 13.8 Å². The highest BCUT2D eigenvalue weighted by Crippen LogP contribution is 2.33. The van der Waals surface area contributed by atoms with Crippen LogP contribution >= 0.6 is 8.25 Å². The minimum absolute atomic E-state index is 0.0201. The molecule has 1 fully saturated rings. The highest BCUT2D eigenvalue weighted by atomic mass is 31.1. The van der Waals surface area contributed by atoms with Gasteiger partial charge in [-0.15, -0.1) is 9.42 Å². The third kappa shape index (κ3) is 2.13. The van der Waals surface area contributed by atoms with Crippen LogP contribution in [0.1, 0.15) is 6.23 Å². The molecule has 3 heterocycles. The van der Waals surface area contributed by atoms with Gasteiger partial charge in [-0.3, -0.25) is 4.57 Å². The Morgan fingerprint density at radius 2 is 2.30 bits per heavy atom. The molecule has 0 aliphatic carbocycles. The van der Waals surface area contributed by atoms with E-state index in [-0.39, 0.29) is 12.4 Å². The standard InChI is InChI=1S/C9H10N5O5P/c10-7-5-8(12-2-11-7)14(3-13-5)9-6(15)4(1-18-9)19-20(16)17/h2-4,6,9,15H,1H2,(H2-,10,11,12,16,17)/p+1/t4-,6+,9+/m0/s1. The van der Waals surface area contributed by atoms with Crippen molar-refractivity contribution in [1.82, 2.24) is 19.5 Å². The van der Waals surface area contributed by atoms with Crippen molar-refractivity contribution in [3.8, 4) is 0 Å². The van der Waals surface area contributed by atoms with E-state index in [2.05, 4.69) is 19.5 Å². The first-order valence-corrected chi connectivity index (χ1v) is 6.76. The summed E-state index contributed by atoms with van der Waals surface area (Å²) < 4.78 is 22.2. The van der Waals surface area contributed by atoms with Crippen LogP contribution in [0.4, 0.5) is 5.82 Å². The third-order valence-electron chi connectivity index (χ3n) is 2.99. The van der Waals surface area contributed by atoms with Crippen LogP contribution in [0.2, 0.25) is 0 Å². The van der Waals surface area contributed by atoms with Gasteiger partial charge in [0.15, 0.2) is 23.8 Å². The first-order valence-electron chi connectivity index (χ1n) is 5.63. The molecule has 0 amide bonds. The average molecular weight is 300 g/mol. The number of rotatable bonds is 3. The summed E-state index contributed by atoms with van der Waals surface area (Å²) in [6.45, 7) is -0.0201. The zero-order valence-electron chi connectivity index (χ0n) is 10.0. The Kier molecular flexibility index (Phi) is 3.32. The fourth-order valence-corrected chi connectivity index (χ4v) is 2.50. The van der Waals surface area contributed by atoms with Gasteiger partial charge < -0.3 is 15.6 Å². The Morgan fingerprint density at radius 1 is 1.50 bits per heavy atom. The number of aliphatic hydroxyl groups excluding tert-OH is 1. The van der Waals surface area contributed by atoms with Crippen molar-refractivity contribution in [3.63, 3.8) is 0 Å². The zero-order valence-corrected chi connectivity index (χ0v) is 10.9. The Morgan fingerprint density at radius 3 is 3.05 bits per heavy atom. The Bertz CT molecular complexity index is 663. The lowest BCUT2D eigenvalue weighted by molar-refractivity contribution is -0.0139. The highest BCUT2D eigenvalue weighted by Gasteiger charge is 2.43. The first kappa shape index (κ1) is 13.3. The minimum atomic E-state index is -2.81. The number of hydrogen-bond donors (Lipinski definition) is 3. The number of nitrogens with zero attached hydrogens (tertiary/aromatic N) is 4. The maximum Gasteiger partial charge on any atom is 0.695 e. The van der Waals surface area contributed by atoms with Crippen LogP contribution in [0.15, 0.2) is 12.7 Å². The van der Waals surface area contributed by atoms with E-state index in [0.717, 1.165) is 0 Å². The number of nitrogen functional groups attached to an aromatic ring is 1. The lowest BCUT2D eigenvalue weighted by atomic mass is 10.2. The molecule has 0 radical (unpaired) electrons. The monoisotopic (exact) mass is 300 g/mol. The van der Waals surface area contributed by atoms with E-state index in [1.54, 1.807) is 0 Å². The van der Waals surface area contributed by atoms with Gasteiger partial charge in [0.05, 0.1) is 12.9 Å². The SMILES string of the molecule is Nc1ncnc2c1ncn2[C@@H]1OC[C@H](O[P+](=O)O)[C@H]1O. The van der Waals surface area contributed by atoms with Crippen molar-refractivity contribution in [2.45, 2.75) is 18.4 Å². The van der Waals surface area contributed by atoms with Gasteiger partial charge in [0.25, 0.3) is 0 Å². The Hall–Kier alpha value is -1.71. The van der Waals surface area contributed by atoms with Gasteiger partial charge in [0, 0.05) is 4.57 Å². The number of imidazole rings is 1. The van der Waals surface area contributed by atoms with Crippen molar-refractivity contribution in [1.29, 1.82) is 0 Å². The topological polar surface area (TPSA) is 146 Å². The van der Waals surface area contributed by atoms with Crippen molar-refractivity contribution in [2.75, 3.05) is 12.3 Å². The summed E-state index contributed by atoms with van der Waals surface area (Å²) in [6.07, 6.45) is -0.171. The molecule has 106 valence electrons. The minimum Gasteiger partial charge on any atom is -0.385 e. The Balaban J connectivity index is 1.92. The number of ether oxygens (including phenoxy) is 1. The maximum atomic E-state index is 10.7. The maximum absolute atomic E-state index is 10.7. The average Bonchev–Trinajstić information content (AvgIpc) is 2.95. The summed E-state index contributed by atoms with van der Waals surface area (Å²) >= 11 is 0. The van der Waals surface area contributed by atoms with Gasteiger partial charge >= 0.3 is 8.25 Å². The number of nitrogens with two attached hydrogens (primary N) is 1. The quantitative estimate of drug-likeness (QED) is 0.628. The summed E-state index contributed by atoms with van der Waals surface area (Å²) in [4.78, 5) is 20.6. The molecule has 4 N–H and O–H groups in total. The molecule has 20 heavy (non-hydrogen) atoms. The molecule has 0 bridgehead atoms. The van der Waals surface area contributed by atoms with Gasteiger partial charge in [0.1, 0.15) is 17.9 Å². The van der Waals surface area contributed by atoms with Crippen LogP contribution in [0, 0.1) is 0 Å². The predicted octanol–water partition coefficient (Wildman–Crippen LogP) is -0.667. The summed E-state index contributed by atoms with van der Waals surface area (Å²) in [5, 5.41) is 10.1. The molecule has 10 nitrogen and oxygen atoms in total. The van der Waals surface area contributed by atoms with E-state index >= 15 is 0 Å². The van der Waals surface area contributed by atoms with E-state index in [4.69, 9.17) is 15.4 Å². The van der Waals surface area contributed by atoms with Gasteiger partial charge in [-0.05, 0) is 0 Å². The lowest BCUT2D eigenvalue weighted by Gasteiger charge is -2.16. The van der Waals surface area contributed by atoms with Crippen molar-refractivity contribution in [2.24, 2.45) is 0 Å². The molecule has 1 saturated heterocycles. The molecule has 0 aromatic carbocycles. The molecule has 2 aromatic rings. The molecule has 0 spiro atoms. The molecule has 1 unspecified atom stereocenters. The first-order chi connectivity index (χ1) is 9.58. The fraction of sp³-hybridized carbons (Fsp3) is 0.444. The molecule has 0 saturated carbocycles. The summed E-state index contributed by atoms with van der Waals surface area (Å²) in [6, 6.07) is 0. The van der Waals surface area contributed by atoms with E-state index in [9.17, 15) is 9.67 Å². The molecular formula is C9H11N5O5P+. The van der Waals surface area contributed by atoms with Gasteiger partial charge in [-0.25, -0.2) is 15.0 Å². The number of aliphatic hydroxyl groups is 1. The second-order valence-electron chi connectivity index (χ2n) is 4.18. The Labute approximate surface area is 113 Å². The number of aromatic nitrogens is 4. The second kappa shape index (κ2) is 5.00. The molecule has 11 heteroatoms. The predicted molar refractivity (Wildman–Crippen MR) is 65.4 cm³/mol. The van der Waals surface area contributed by atoms with Crippen LogP contribution in [-0.4, -0.2) is 48.3 Å². The summed E-state index contributed by atoms with van der Waals surface area (Å²) in [5.74, 6) is 0.215. The van der Waals surface area contributed by atoms with E-state index in [1.165, 1.54) is 17.2 Å². The highest BCUT2D eigenvalue weighted by molar-refractivity contribution is 7.32. The molecule has 1 aliphatic rings. The molecular weight excluding hydrogens is 289 g/mol. The van der Waals surface area contributed by atoms with Gasteiger partial charge in [-0.1, -0.05) is 0 Å². The van der Waals surface area contributed by atoms with Crippen molar-refractivity contribution >= 4 is 25.2 Å². The normalized spacial score (nSPS) is 27.1. The summed E-state index contributed by atoms with van der Waals surface area (Å²) in [5.41, 5.74) is 6.46. The number of hydrogen-bond acceptors (Lipinski definition) is 8. The van der Waals surface area contributed by atoms with Crippen molar-refractivity contribution in [3.05, 3.63) is 12.7 Å². The summed E-state index contributed by atoms with van der Waals surface area (Å²) in [7, 11) is -2.81. The van der Waals surface area contributed by atoms with Crippen molar-refractivity contribution < 1.29 is 23.8 Å². The third-order valence-corrected chi connectivity index (χ3v) is 3.44. The van der Waals surface area contributed by atoms with E-state index < -0.39 is 26.7 Å². The van der Waals surface area contributed by atoms with Gasteiger partial charge in [-0.2, -0.15) is 0 Å². The largest absolute Gasteiger partial charge is 0.695 e. The molecule has 1 aliphatic heterocycles. The lowest BCUT2D eigenvalue weighted by Crippen LogP contribution is -2.29. The number of fused-ring (bicyclic) bond motifs is 1. The zero-order chi connectivity index (χ0) is 14.3. The smallest absolute Gasteiger partial charge is 0.385 e. The van der Waals surface area contributed by atoms with Crippen LogP contribution in [0.25, 0.3) is 11.2 Å². The molecule has 4 atom stereocenters.